The van der Waals surface area contributed by atoms with Gasteiger partial charge in [0, 0.05) is 30.4 Å². The number of pyridine rings is 1. The highest BCUT2D eigenvalue weighted by molar-refractivity contribution is 5.82. The molecule has 6 heteroatoms. The molecule has 1 aliphatic carbocycles. The van der Waals surface area contributed by atoms with E-state index in [4.69, 9.17) is 10.7 Å². The van der Waals surface area contributed by atoms with E-state index in [1.807, 2.05) is 36.9 Å². The third-order valence-corrected chi connectivity index (χ3v) is 6.43. The van der Waals surface area contributed by atoms with E-state index in [1.165, 1.54) is 11.5 Å². The molecule has 2 heterocycles. The predicted octanol–water partition coefficient (Wildman–Crippen LogP) is 4.07. The van der Waals surface area contributed by atoms with Crippen molar-refractivity contribution < 1.29 is 4.39 Å². The van der Waals surface area contributed by atoms with E-state index in [-0.39, 0.29) is 5.82 Å². The molecule has 0 saturated heterocycles. The maximum absolute atomic E-state index is 13.6. The van der Waals surface area contributed by atoms with Gasteiger partial charge in [0.1, 0.15) is 5.82 Å². The van der Waals surface area contributed by atoms with Gasteiger partial charge in [-0.3, -0.25) is 9.67 Å². The summed E-state index contributed by atoms with van der Waals surface area (Å²) in [5.74, 6) is -0.241. The third kappa shape index (κ3) is 3.26. The predicted molar refractivity (Wildman–Crippen MR) is 117 cm³/mol. The molecule has 30 heavy (non-hydrogen) atoms. The molecule has 0 radical (unpaired) electrons. The number of rotatable bonds is 4. The number of halogens is 1. The molecule has 1 saturated carbocycles. The highest BCUT2D eigenvalue weighted by Gasteiger charge is 2.38. The molecule has 0 aliphatic heterocycles. The smallest absolute Gasteiger partial charge is 0.123 e. The van der Waals surface area contributed by atoms with Gasteiger partial charge in [0.25, 0.3) is 0 Å². The number of nitrogens with one attached hydrogen (secondary N) is 1. The average Bonchev–Trinajstić information content (AvgIpc) is 3.28. The maximum atomic E-state index is 13.6. The normalized spacial score (nSPS) is 21.7. The van der Waals surface area contributed by atoms with Crippen LogP contribution >= 0.6 is 0 Å². The third-order valence-electron chi connectivity index (χ3n) is 6.43. The molecule has 2 aromatic carbocycles. The molecule has 0 spiro atoms. The van der Waals surface area contributed by atoms with Crippen molar-refractivity contribution in [2.75, 3.05) is 0 Å². The summed E-state index contributed by atoms with van der Waals surface area (Å²) in [6.45, 7) is 2.71. The molecule has 2 unspecified atom stereocenters. The van der Waals surface area contributed by atoms with Gasteiger partial charge in [-0.1, -0.05) is 18.2 Å². The Hall–Kier alpha value is -2.83. The summed E-state index contributed by atoms with van der Waals surface area (Å²) in [5, 5.41) is 10.4. The number of aryl methyl sites for hydroxylation is 2. The topological polar surface area (TPSA) is 68.8 Å². The van der Waals surface area contributed by atoms with Crippen LogP contribution in [0.1, 0.15) is 36.2 Å². The number of para-hydroxylation sites is 1. The lowest BCUT2D eigenvalue weighted by molar-refractivity contribution is 0.420. The van der Waals surface area contributed by atoms with Crippen LogP contribution in [0.15, 0.2) is 48.5 Å². The Morgan fingerprint density at radius 2 is 2.03 bits per heavy atom. The van der Waals surface area contributed by atoms with Crippen LogP contribution in [0.4, 0.5) is 4.39 Å². The van der Waals surface area contributed by atoms with E-state index in [2.05, 4.69) is 22.5 Å². The van der Waals surface area contributed by atoms with Crippen LogP contribution in [-0.4, -0.2) is 20.8 Å². The monoisotopic (exact) mass is 403 g/mol. The summed E-state index contributed by atoms with van der Waals surface area (Å²) in [7, 11) is 1.98. The van der Waals surface area contributed by atoms with E-state index >= 15 is 0 Å². The second-order valence-electron chi connectivity index (χ2n) is 8.55. The molecule has 154 valence electrons. The average molecular weight is 404 g/mol. The summed E-state index contributed by atoms with van der Waals surface area (Å²) in [6, 6.07) is 15.4. The molecule has 5 nitrogen and oxygen atoms in total. The van der Waals surface area contributed by atoms with Crippen LogP contribution in [0.3, 0.4) is 0 Å². The molecule has 3 N–H and O–H groups in total. The number of benzene rings is 2. The summed E-state index contributed by atoms with van der Waals surface area (Å²) < 4.78 is 15.5. The van der Waals surface area contributed by atoms with Crippen molar-refractivity contribution in [2.24, 2.45) is 12.8 Å². The van der Waals surface area contributed by atoms with Gasteiger partial charge in [-0.25, -0.2) is 4.39 Å². The van der Waals surface area contributed by atoms with Crippen molar-refractivity contribution in [3.63, 3.8) is 0 Å². The summed E-state index contributed by atoms with van der Waals surface area (Å²) in [6.07, 6.45) is 2.67. The van der Waals surface area contributed by atoms with Gasteiger partial charge >= 0.3 is 0 Å². The van der Waals surface area contributed by atoms with E-state index in [9.17, 15) is 4.39 Å². The summed E-state index contributed by atoms with van der Waals surface area (Å²) >= 11 is 0. The Balaban J connectivity index is 1.34. The van der Waals surface area contributed by atoms with Crippen LogP contribution in [0.25, 0.3) is 21.8 Å². The first kappa shape index (κ1) is 19.2. The number of nitrogens with two attached hydrogens (primary N) is 1. The van der Waals surface area contributed by atoms with Gasteiger partial charge in [-0.05, 0) is 62.1 Å². The summed E-state index contributed by atoms with van der Waals surface area (Å²) in [4.78, 5) is 4.79. The molecule has 2 aromatic heterocycles. The molecular formula is C24H26FN5. The molecule has 5 rings (SSSR count). The van der Waals surface area contributed by atoms with Crippen molar-refractivity contribution in [1.82, 2.24) is 20.1 Å². The highest BCUT2D eigenvalue weighted by Crippen LogP contribution is 2.37. The van der Waals surface area contributed by atoms with Crippen molar-refractivity contribution in [1.29, 1.82) is 0 Å². The zero-order chi connectivity index (χ0) is 20.9. The first-order chi connectivity index (χ1) is 14.4. The Kier molecular flexibility index (Phi) is 4.56. The van der Waals surface area contributed by atoms with Gasteiger partial charge < -0.3 is 11.1 Å². The first-order valence-electron chi connectivity index (χ1n) is 10.4. The molecular weight excluding hydrogens is 377 g/mol. The van der Waals surface area contributed by atoms with Crippen molar-refractivity contribution in [3.8, 4) is 0 Å². The van der Waals surface area contributed by atoms with Gasteiger partial charge in [0.15, 0.2) is 0 Å². The molecule has 1 fully saturated rings. The minimum atomic E-state index is -0.475. The number of hydrogen-bond donors (Lipinski definition) is 2. The van der Waals surface area contributed by atoms with E-state index in [1.54, 1.807) is 12.1 Å². The maximum Gasteiger partial charge on any atom is 0.123 e. The zero-order valence-electron chi connectivity index (χ0n) is 17.3. The van der Waals surface area contributed by atoms with Gasteiger partial charge in [0.05, 0.1) is 28.0 Å². The number of fused-ring (bicyclic) bond motifs is 2. The van der Waals surface area contributed by atoms with Gasteiger partial charge in [-0.2, -0.15) is 5.10 Å². The second kappa shape index (κ2) is 7.15. The number of aromatic nitrogens is 3. The Labute approximate surface area is 175 Å². The lowest BCUT2D eigenvalue weighted by atomic mass is 9.92. The van der Waals surface area contributed by atoms with E-state index < -0.39 is 5.54 Å². The van der Waals surface area contributed by atoms with Crippen LogP contribution in [0, 0.1) is 12.7 Å². The van der Waals surface area contributed by atoms with E-state index in [0.717, 1.165) is 52.6 Å². The largest absolute Gasteiger partial charge is 0.320 e. The molecule has 1 aliphatic rings. The van der Waals surface area contributed by atoms with E-state index in [0.29, 0.717) is 12.6 Å². The standard InChI is InChI=1S/C24H26FN5/c1-15-11-23(28-20-8-7-16(25)12-19(15)20)24(26)10-9-17(13-24)27-14-21-18-5-3-4-6-22(18)30(2)29-21/h3-8,11-12,17,27H,9-10,13-14,26H2,1-2H3. The molecule has 2 atom stereocenters. The number of nitrogens with zero attached hydrogens (tertiary/aromatic N) is 3. The van der Waals surface area contributed by atoms with Crippen LogP contribution in [0.2, 0.25) is 0 Å². The fraction of sp³-hybridized carbons (Fsp3) is 0.333. The zero-order valence-corrected chi connectivity index (χ0v) is 17.3. The lowest BCUT2D eigenvalue weighted by Gasteiger charge is -2.25. The minimum absolute atomic E-state index is 0.241. The minimum Gasteiger partial charge on any atom is -0.320 e. The van der Waals surface area contributed by atoms with Crippen LogP contribution in [-0.2, 0) is 19.1 Å². The quantitative estimate of drug-likeness (QED) is 0.539. The van der Waals surface area contributed by atoms with Crippen LogP contribution in [0.5, 0.6) is 0 Å². The Morgan fingerprint density at radius 1 is 1.20 bits per heavy atom. The fourth-order valence-corrected chi connectivity index (χ4v) is 4.76. The molecule has 4 aromatic rings. The molecule has 0 amide bonds. The summed E-state index contributed by atoms with van der Waals surface area (Å²) in [5.41, 5.74) is 11.3. The van der Waals surface area contributed by atoms with Gasteiger partial charge in [-0.15, -0.1) is 0 Å². The first-order valence-corrected chi connectivity index (χ1v) is 10.4. The SMILES string of the molecule is Cc1cc(C2(N)CCC(NCc3nn(C)c4ccccc34)C2)nc2ccc(F)cc12. The van der Waals surface area contributed by atoms with Crippen molar-refractivity contribution in [3.05, 3.63) is 71.3 Å². The van der Waals surface area contributed by atoms with Gasteiger partial charge in [0.2, 0.25) is 0 Å². The number of hydrogen-bond acceptors (Lipinski definition) is 4. The van der Waals surface area contributed by atoms with Crippen LogP contribution < -0.4 is 11.1 Å². The fourth-order valence-electron chi connectivity index (χ4n) is 4.76. The Morgan fingerprint density at radius 3 is 2.90 bits per heavy atom. The lowest BCUT2D eigenvalue weighted by Crippen LogP contribution is -2.37. The highest BCUT2D eigenvalue weighted by atomic mass is 19.1. The van der Waals surface area contributed by atoms with Crippen molar-refractivity contribution in [2.45, 2.75) is 44.3 Å². The second-order valence-corrected chi connectivity index (χ2v) is 8.55. The molecule has 0 bridgehead atoms. The Bertz CT molecular complexity index is 1250. The van der Waals surface area contributed by atoms with Crippen molar-refractivity contribution >= 4 is 21.8 Å².